The molecule has 0 aliphatic carbocycles. The van der Waals surface area contributed by atoms with Gasteiger partial charge < -0.3 is 14.4 Å². The van der Waals surface area contributed by atoms with E-state index in [9.17, 15) is 4.79 Å². The number of carbonyl (C=O) groups is 1. The lowest BCUT2D eigenvalue weighted by molar-refractivity contribution is -0.136. The van der Waals surface area contributed by atoms with E-state index in [-0.39, 0.29) is 5.91 Å². The minimum atomic E-state index is 0.261. The van der Waals surface area contributed by atoms with Crippen LogP contribution < -0.4 is 0 Å². The Morgan fingerprint density at radius 1 is 1.22 bits per heavy atom. The highest BCUT2D eigenvalue weighted by Crippen LogP contribution is 2.21. The van der Waals surface area contributed by atoms with Gasteiger partial charge in [0.25, 0.3) is 0 Å². The average molecular weight is 384 g/mol. The molecule has 2 rings (SSSR count). The molecule has 0 aromatic carbocycles. The topological polar surface area (TPSA) is 45.2 Å². The van der Waals surface area contributed by atoms with Gasteiger partial charge in [0.1, 0.15) is 0 Å². The summed E-state index contributed by atoms with van der Waals surface area (Å²) in [5.74, 6) is 0.261. The molecule has 2 aliphatic heterocycles. The highest BCUT2D eigenvalue weighted by atomic mass is 16.5. The summed E-state index contributed by atoms with van der Waals surface area (Å²) >= 11 is 0. The highest BCUT2D eigenvalue weighted by Gasteiger charge is 2.32. The molecule has 2 fully saturated rings. The van der Waals surface area contributed by atoms with Crippen LogP contribution in [0.5, 0.6) is 0 Å². The number of hydrogen-bond acceptors (Lipinski definition) is 5. The third-order valence-corrected chi connectivity index (χ3v) is 6.04. The summed E-state index contributed by atoms with van der Waals surface area (Å²) in [4.78, 5) is 20.1. The number of likely N-dealkylation sites (tertiary alicyclic amines) is 1. The van der Waals surface area contributed by atoms with Crippen LogP contribution in [0.3, 0.4) is 0 Å². The Kier molecular flexibility index (Phi) is 9.50. The molecular weight excluding hydrogens is 342 g/mol. The Labute approximate surface area is 166 Å². The van der Waals surface area contributed by atoms with Gasteiger partial charge in [0.2, 0.25) is 5.91 Å². The number of hydrogen-bond donors (Lipinski definition) is 0. The smallest absolute Gasteiger partial charge is 0.237 e. The van der Waals surface area contributed by atoms with Gasteiger partial charge in [-0.15, -0.1) is 0 Å². The SMILES string of the molecule is CCC(CC)N(CCOC)C(=O)CN1CCCC1CN1CC(C)OC(C)C1. The molecule has 158 valence electrons. The second-order valence-corrected chi connectivity index (χ2v) is 8.29. The maximum absolute atomic E-state index is 13.1. The summed E-state index contributed by atoms with van der Waals surface area (Å²) in [7, 11) is 1.70. The molecule has 2 aliphatic rings. The van der Waals surface area contributed by atoms with Gasteiger partial charge in [-0.2, -0.15) is 0 Å². The van der Waals surface area contributed by atoms with Gasteiger partial charge in [-0.1, -0.05) is 13.8 Å². The molecule has 2 heterocycles. The van der Waals surface area contributed by atoms with E-state index in [0.29, 0.717) is 44.0 Å². The van der Waals surface area contributed by atoms with E-state index in [4.69, 9.17) is 9.47 Å². The predicted octanol–water partition coefficient (Wildman–Crippen LogP) is 2.22. The first-order valence-electron chi connectivity index (χ1n) is 10.9. The van der Waals surface area contributed by atoms with E-state index in [0.717, 1.165) is 39.0 Å². The van der Waals surface area contributed by atoms with Crippen molar-refractivity contribution in [2.24, 2.45) is 0 Å². The number of ether oxygens (including phenoxy) is 2. The van der Waals surface area contributed by atoms with E-state index in [1.165, 1.54) is 12.8 Å². The summed E-state index contributed by atoms with van der Waals surface area (Å²) in [5, 5.41) is 0. The molecule has 0 aromatic rings. The van der Waals surface area contributed by atoms with Gasteiger partial charge in [0, 0.05) is 45.4 Å². The molecule has 1 amide bonds. The highest BCUT2D eigenvalue weighted by molar-refractivity contribution is 5.78. The van der Waals surface area contributed by atoms with E-state index >= 15 is 0 Å². The second-order valence-electron chi connectivity index (χ2n) is 8.29. The molecule has 0 radical (unpaired) electrons. The first kappa shape index (κ1) is 22.6. The predicted molar refractivity (Wildman–Crippen MR) is 109 cm³/mol. The Bertz CT molecular complexity index is 434. The van der Waals surface area contributed by atoms with Crippen LogP contribution in [0.15, 0.2) is 0 Å². The number of nitrogens with zero attached hydrogens (tertiary/aromatic N) is 3. The third kappa shape index (κ3) is 6.70. The zero-order valence-corrected chi connectivity index (χ0v) is 18.2. The monoisotopic (exact) mass is 383 g/mol. The molecule has 27 heavy (non-hydrogen) atoms. The number of amides is 1. The van der Waals surface area contributed by atoms with Crippen molar-refractivity contribution in [1.82, 2.24) is 14.7 Å². The third-order valence-electron chi connectivity index (χ3n) is 6.04. The van der Waals surface area contributed by atoms with E-state index in [1.807, 2.05) is 0 Å². The van der Waals surface area contributed by atoms with Gasteiger partial charge in [-0.25, -0.2) is 0 Å². The van der Waals surface area contributed by atoms with Gasteiger partial charge in [0.15, 0.2) is 0 Å². The van der Waals surface area contributed by atoms with Crippen LogP contribution in [0.25, 0.3) is 0 Å². The lowest BCUT2D eigenvalue weighted by Crippen LogP contribution is -2.52. The molecule has 2 saturated heterocycles. The fraction of sp³-hybridized carbons (Fsp3) is 0.952. The first-order chi connectivity index (χ1) is 13.0. The number of carbonyl (C=O) groups excluding carboxylic acids is 1. The fourth-order valence-electron chi connectivity index (χ4n) is 4.74. The van der Waals surface area contributed by atoms with Crippen molar-refractivity contribution in [3.8, 4) is 0 Å². The van der Waals surface area contributed by atoms with Gasteiger partial charge in [-0.05, 0) is 46.1 Å². The van der Waals surface area contributed by atoms with Crippen molar-refractivity contribution in [2.45, 2.75) is 77.7 Å². The summed E-state index contributed by atoms with van der Waals surface area (Å²) < 4.78 is 11.1. The van der Waals surface area contributed by atoms with Crippen LogP contribution in [-0.2, 0) is 14.3 Å². The normalized spacial score (nSPS) is 27.4. The molecule has 6 heteroatoms. The largest absolute Gasteiger partial charge is 0.383 e. The van der Waals surface area contributed by atoms with Crippen molar-refractivity contribution in [2.75, 3.05) is 53.0 Å². The van der Waals surface area contributed by atoms with Crippen molar-refractivity contribution in [3.05, 3.63) is 0 Å². The summed E-state index contributed by atoms with van der Waals surface area (Å²) in [6, 6.07) is 0.798. The van der Waals surface area contributed by atoms with Crippen LogP contribution in [0.2, 0.25) is 0 Å². The Morgan fingerprint density at radius 3 is 2.48 bits per heavy atom. The first-order valence-corrected chi connectivity index (χ1v) is 10.9. The van der Waals surface area contributed by atoms with Crippen LogP contribution in [0, 0.1) is 0 Å². The summed E-state index contributed by atoms with van der Waals surface area (Å²) in [6.07, 6.45) is 4.97. The van der Waals surface area contributed by atoms with Crippen molar-refractivity contribution < 1.29 is 14.3 Å². The molecule has 0 spiro atoms. The standard InChI is InChI=1S/C21H41N3O3/c1-6-19(7-2)24(11-12-26-5)21(25)16-23-10-8-9-20(23)15-22-13-17(3)27-18(4)14-22/h17-20H,6-16H2,1-5H3. The van der Waals surface area contributed by atoms with Crippen molar-refractivity contribution in [1.29, 1.82) is 0 Å². The molecule has 0 saturated carbocycles. The van der Waals surface area contributed by atoms with Crippen LogP contribution >= 0.6 is 0 Å². The Balaban J connectivity index is 1.93. The lowest BCUT2D eigenvalue weighted by atomic mass is 10.1. The van der Waals surface area contributed by atoms with E-state index in [2.05, 4.69) is 42.4 Å². The van der Waals surface area contributed by atoms with Gasteiger partial charge in [0.05, 0.1) is 25.4 Å². The van der Waals surface area contributed by atoms with E-state index < -0.39 is 0 Å². The minimum Gasteiger partial charge on any atom is -0.383 e. The van der Waals surface area contributed by atoms with E-state index in [1.54, 1.807) is 7.11 Å². The van der Waals surface area contributed by atoms with Crippen LogP contribution in [0.1, 0.15) is 53.4 Å². The van der Waals surface area contributed by atoms with Crippen LogP contribution in [-0.4, -0.2) is 97.9 Å². The fourth-order valence-corrected chi connectivity index (χ4v) is 4.74. The quantitative estimate of drug-likeness (QED) is 0.579. The van der Waals surface area contributed by atoms with Crippen molar-refractivity contribution >= 4 is 5.91 Å². The zero-order valence-electron chi connectivity index (χ0n) is 18.2. The number of methoxy groups -OCH3 is 1. The Hall–Kier alpha value is -0.690. The Morgan fingerprint density at radius 2 is 1.89 bits per heavy atom. The molecular formula is C21H41N3O3. The molecule has 3 atom stereocenters. The maximum atomic E-state index is 13.1. The number of rotatable bonds is 10. The molecule has 0 bridgehead atoms. The zero-order chi connectivity index (χ0) is 19.8. The lowest BCUT2D eigenvalue weighted by Gasteiger charge is -2.38. The average Bonchev–Trinajstić information content (AvgIpc) is 3.04. The van der Waals surface area contributed by atoms with Crippen LogP contribution in [0.4, 0.5) is 0 Å². The molecule has 0 aromatic heterocycles. The summed E-state index contributed by atoms with van der Waals surface area (Å²) in [5.41, 5.74) is 0. The summed E-state index contributed by atoms with van der Waals surface area (Å²) in [6.45, 7) is 14.6. The second kappa shape index (κ2) is 11.3. The van der Waals surface area contributed by atoms with Gasteiger partial charge in [-0.3, -0.25) is 14.6 Å². The molecule has 0 N–H and O–H groups in total. The minimum absolute atomic E-state index is 0.261. The van der Waals surface area contributed by atoms with Crippen molar-refractivity contribution in [3.63, 3.8) is 0 Å². The number of morpholine rings is 1. The molecule has 3 unspecified atom stereocenters. The van der Waals surface area contributed by atoms with Gasteiger partial charge >= 0.3 is 0 Å². The maximum Gasteiger partial charge on any atom is 0.237 e. The molecule has 6 nitrogen and oxygen atoms in total.